The van der Waals surface area contributed by atoms with Crippen molar-refractivity contribution in [1.29, 1.82) is 0 Å². The summed E-state index contributed by atoms with van der Waals surface area (Å²) >= 11 is 1.43. The van der Waals surface area contributed by atoms with Gasteiger partial charge in [-0.15, -0.1) is 11.3 Å². The van der Waals surface area contributed by atoms with E-state index in [0.29, 0.717) is 31.6 Å². The number of likely N-dealkylation sites (tertiary alicyclic amines) is 1. The quantitative estimate of drug-likeness (QED) is 0.674. The molecule has 1 aliphatic rings. The van der Waals surface area contributed by atoms with Crippen LogP contribution in [0.3, 0.4) is 0 Å². The van der Waals surface area contributed by atoms with E-state index in [4.69, 9.17) is 0 Å². The molecule has 4 rings (SSSR count). The van der Waals surface area contributed by atoms with Crippen LogP contribution in [0.4, 0.5) is 4.39 Å². The Bertz CT molecular complexity index is 985. The van der Waals surface area contributed by atoms with Crippen LogP contribution in [0.25, 0.3) is 0 Å². The number of halogens is 1. The number of carbonyl (C=O) groups is 2. The van der Waals surface area contributed by atoms with E-state index in [1.807, 2.05) is 40.6 Å². The van der Waals surface area contributed by atoms with Gasteiger partial charge >= 0.3 is 0 Å². The number of amides is 2. The number of thiophene rings is 1. The second-order valence-electron chi connectivity index (χ2n) is 7.29. The second kappa shape index (κ2) is 9.17. The summed E-state index contributed by atoms with van der Waals surface area (Å²) in [5.74, 6) is -0.545. The Morgan fingerprint density at radius 2 is 1.83 bits per heavy atom. The minimum atomic E-state index is -0.454. The maximum atomic E-state index is 13.4. The third-order valence-corrected chi connectivity index (χ3v) is 6.22. The molecule has 0 radical (unpaired) electrons. The number of aromatic nitrogens is 1. The molecule has 2 aromatic heterocycles. The molecule has 3 heterocycles. The van der Waals surface area contributed by atoms with Crippen LogP contribution in [-0.2, 0) is 4.79 Å². The summed E-state index contributed by atoms with van der Waals surface area (Å²) in [4.78, 5) is 32.4. The number of nitrogens with one attached hydrogen (secondary N) is 1. The number of piperidine rings is 1. The number of rotatable bonds is 5. The van der Waals surface area contributed by atoms with Gasteiger partial charge in [0.2, 0.25) is 5.91 Å². The molecule has 0 aliphatic carbocycles. The summed E-state index contributed by atoms with van der Waals surface area (Å²) in [6, 6.07) is 14.8. The molecular weight excluding hydrogens is 401 g/mol. The maximum Gasteiger partial charge on any atom is 0.263 e. The first kappa shape index (κ1) is 20.2. The Balaban J connectivity index is 1.43. The van der Waals surface area contributed by atoms with Crippen molar-refractivity contribution in [3.8, 4) is 0 Å². The lowest BCUT2D eigenvalue weighted by molar-refractivity contribution is -0.126. The Kier molecular flexibility index (Phi) is 6.18. The Labute approximate surface area is 178 Å². The average molecular weight is 424 g/mol. The van der Waals surface area contributed by atoms with Gasteiger partial charge in [0, 0.05) is 25.2 Å². The molecule has 1 unspecified atom stereocenters. The molecule has 1 aliphatic heterocycles. The van der Waals surface area contributed by atoms with Gasteiger partial charge in [0.05, 0.1) is 16.6 Å². The van der Waals surface area contributed by atoms with Crippen LogP contribution < -0.4 is 5.32 Å². The molecule has 7 heteroatoms. The van der Waals surface area contributed by atoms with Crippen LogP contribution in [0.5, 0.6) is 0 Å². The number of carbonyl (C=O) groups excluding carboxylic acids is 2. The first-order valence-corrected chi connectivity index (χ1v) is 10.8. The lowest BCUT2D eigenvalue weighted by atomic mass is 9.94. The first-order chi connectivity index (χ1) is 14.6. The zero-order chi connectivity index (χ0) is 20.9. The zero-order valence-electron chi connectivity index (χ0n) is 16.3. The van der Waals surface area contributed by atoms with Crippen LogP contribution in [0.1, 0.15) is 39.8 Å². The lowest BCUT2D eigenvalue weighted by Gasteiger charge is -2.32. The van der Waals surface area contributed by atoms with Crippen LogP contribution >= 0.6 is 11.3 Å². The zero-order valence-corrected chi connectivity index (χ0v) is 17.1. The molecule has 3 aromatic rings. The molecule has 1 saturated heterocycles. The topological polar surface area (TPSA) is 62.3 Å². The van der Waals surface area contributed by atoms with Crippen molar-refractivity contribution in [3.05, 3.63) is 88.1 Å². The number of hydrogen-bond donors (Lipinski definition) is 1. The SMILES string of the molecule is O=C(NC(c1ccc(F)cc1)c1ccccn1)C1CCN(C(=O)c2cccs2)CC1. The van der Waals surface area contributed by atoms with E-state index in [-0.39, 0.29) is 23.5 Å². The molecule has 2 amide bonds. The summed E-state index contributed by atoms with van der Waals surface area (Å²) < 4.78 is 13.4. The third-order valence-electron chi connectivity index (χ3n) is 5.36. The Morgan fingerprint density at radius 3 is 2.47 bits per heavy atom. The highest BCUT2D eigenvalue weighted by molar-refractivity contribution is 7.12. The fourth-order valence-electron chi connectivity index (χ4n) is 3.69. The Hall–Kier alpha value is -3.06. The van der Waals surface area contributed by atoms with Crippen molar-refractivity contribution in [3.63, 3.8) is 0 Å². The molecule has 30 heavy (non-hydrogen) atoms. The van der Waals surface area contributed by atoms with Crippen molar-refractivity contribution >= 4 is 23.2 Å². The van der Waals surface area contributed by atoms with Gasteiger partial charge in [0.1, 0.15) is 5.82 Å². The van der Waals surface area contributed by atoms with Crippen molar-refractivity contribution < 1.29 is 14.0 Å². The summed E-state index contributed by atoms with van der Waals surface area (Å²) in [7, 11) is 0. The van der Waals surface area contributed by atoms with Crippen molar-refractivity contribution in [2.24, 2.45) is 5.92 Å². The van der Waals surface area contributed by atoms with E-state index >= 15 is 0 Å². The minimum Gasteiger partial charge on any atom is -0.343 e. The third kappa shape index (κ3) is 4.57. The van der Waals surface area contributed by atoms with Gasteiger partial charge in [-0.25, -0.2) is 4.39 Å². The molecule has 1 fully saturated rings. The van der Waals surface area contributed by atoms with Gasteiger partial charge in [-0.2, -0.15) is 0 Å². The molecular formula is C23H22FN3O2S. The normalized spacial score (nSPS) is 15.6. The summed E-state index contributed by atoms with van der Waals surface area (Å²) in [6.07, 6.45) is 2.90. The second-order valence-corrected chi connectivity index (χ2v) is 8.24. The molecule has 1 atom stereocenters. The van der Waals surface area contributed by atoms with Gasteiger partial charge in [0.25, 0.3) is 5.91 Å². The highest BCUT2D eigenvalue weighted by Crippen LogP contribution is 2.25. The monoisotopic (exact) mass is 423 g/mol. The standard InChI is InChI=1S/C23H22FN3O2S/c24-18-8-6-16(7-9-18)21(19-4-1-2-12-25-19)26-22(28)17-10-13-27(14-11-17)23(29)20-5-3-15-30-20/h1-9,12,15,17,21H,10-11,13-14H2,(H,26,28). The van der Waals surface area contributed by atoms with Gasteiger partial charge in [-0.05, 0) is 54.1 Å². The molecule has 1 aromatic carbocycles. The number of nitrogens with zero attached hydrogens (tertiary/aromatic N) is 2. The van der Waals surface area contributed by atoms with E-state index in [0.717, 1.165) is 10.4 Å². The average Bonchev–Trinajstić information content (AvgIpc) is 3.33. The minimum absolute atomic E-state index is 0.0292. The molecule has 5 nitrogen and oxygen atoms in total. The van der Waals surface area contributed by atoms with E-state index in [9.17, 15) is 14.0 Å². The molecule has 0 saturated carbocycles. The van der Waals surface area contributed by atoms with Crippen molar-refractivity contribution in [2.45, 2.75) is 18.9 Å². The largest absolute Gasteiger partial charge is 0.343 e. The van der Waals surface area contributed by atoms with Crippen LogP contribution in [0.2, 0.25) is 0 Å². The van der Waals surface area contributed by atoms with E-state index in [1.54, 1.807) is 18.3 Å². The van der Waals surface area contributed by atoms with E-state index < -0.39 is 6.04 Å². The highest BCUT2D eigenvalue weighted by Gasteiger charge is 2.30. The fourth-order valence-corrected chi connectivity index (χ4v) is 4.38. The summed E-state index contributed by atoms with van der Waals surface area (Å²) in [5, 5.41) is 4.97. The number of pyridine rings is 1. The maximum absolute atomic E-state index is 13.4. The highest BCUT2D eigenvalue weighted by atomic mass is 32.1. The predicted molar refractivity (Wildman–Crippen MR) is 114 cm³/mol. The van der Waals surface area contributed by atoms with Gasteiger partial charge in [-0.3, -0.25) is 14.6 Å². The Morgan fingerprint density at radius 1 is 1.07 bits per heavy atom. The lowest BCUT2D eigenvalue weighted by Crippen LogP contribution is -2.43. The molecule has 0 bridgehead atoms. The van der Waals surface area contributed by atoms with Crippen molar-refractivity contribution in [1.82, 2.24) is 15.2 Å². The fraction of sp³-hybridized carbons (Fsp3) is 0.261. The molecule has 1 N–H and O–H groups in total. The smallest absolute Gasteiger partial charge is 0.263 e. The van der Waals surface area contributed by atoms with Crippen molar-refractivity contribution in [2.75, 3.05) is 13.1 Å². The van der Waals surface area contributed by atoms with Gasteiger partial charge in [0.15, 0.2) is 0 Å². The van der Waals surface area contributed by atoms with E-state index in [1.165, 1.54) is 23.5 Å². The molecule has 0 spiro atoms. The predicted octanol–water partition coefficient (Wildman–Crippen LogP) is 4.04. The van der Waals surface area contributed by atoms with Crippen LogP contribution in [0, 0.1) is 11.7 Å². The number of hydrogen-bond acceptors (Lipinski definition) is 4. The first-order valence-electron chi connectivity index (χ1n) is 9.91. The van der Waals surface area contributed by atoms with Crippen LogP contribution in [-0.4, -0.2) is 34.8 Å². The van der Waals surface area contributed by atoms with Crippen LogP contribution in [0.15, 0.2) is 66.2 Å². The summed E-state index contributed by atoms with van der Waals surface area (Å²) in [5.41, 5.74) is 1.47. The number of benzene rings is 1. The molecule has 154 valence electrons. The van der Waals surface area contributed by atoms with E-state index in [2.05, 4.69) is 10.3 Å². The van der Waals surface area contributed by atoms with Gasteiger partial charge in [-0.1, -0.05) is 24.3 Å². The van der Waals surface area contributed by atoms with Gasteiger partial charge < -0.3 is 10.2 Å². The summed E-state index contributed by atoms with van der Waals surface area (Å²) in [6.45, 7) is 1.11.